The fraction of sp³-hybridized carbons (Fsp3) is 0.318. The molecule has 1 heterocycles. The van der Waals surface area contributed by atoms with Crippen LogP contribution in [0.25, 0.3) is 10.9 Å². The van der Waals surface area contributed by atoms with E-state index in [2.05, 4.69) is 51.9 Å². The lowest BCUT2D eigenvalue weighted by Crippen LogP contribution is -2.38. The molecule has 2 aromatic carbocycles. The second-order valence-electron chi connectivity index (χ2n) is 6.69. The highest BCUT2D eigenvalue weighted by Gasteiger charge is 2.07. The molecule has 0 atom stereocenters. The van der Waals surface area contributed by atoms with Crippen molar-refractivity contribution in [2.75, 3.05) is 20.2 Å². The van der Waals surface area contributed by atoms with Crippen molar-refractivity contribution < 1.29 is 9.84 Å². The Hall–Kier alpha value is -2.42. The Morgan fingerprint density at radius 1 is 1.21 bits per heavy atom. The Labute approximate surface area is 188 Å². The van der Waals surface area contributed by atoms with Gasteiger partial charge in [0, 0.05) is 30.2 Å². The summed E-state index contributed by atoms with van der Waals surface area (Å²) in [6.45, 7) is 6.22. The summed E-state index contributed by atoms with van der Waals surface area (Å²) < 4.78 is 5.08. The summed E-state index contributed by atoms with van der Waals surface area (Å²) in [4.78, 5) is 7.96. The smallest absolute Gasteiger partial charge is 0.191 e. The van der Waals surface area contributed by atoms with Gasteiger partial charge in [0.15, 0.2) is 17.5 Å². The van der Waals surface area contributed by atoms with Crippen LogP contribution in [-0.4, -0.2) is 36.2 Å². The number of benzene rings is 2. The molecule has 3 aromatic rings. The molecule has 0 spiro atoms. The molecule has 0 fully saturated rings. The van der Waals surface area contributed by atoms with Crippen molar-refractivity contribution in [3.8, 4) is 11.5 Å². The zero-order chi connectivity index (χ0) is 19.9. The fourth-order valence-electron chi connectivity index (χ4n) is 3.31. The van der Waals surface area contributed by atoms with Crippen LogP contribution in [0, 0.1) is 6.92 Å². The molecule has 7 heteroatoms. The number of ether oxygens (including phenoxy) is 1. The number of aromatic amines is 1. The number of rotatable bonds is 7. The van der Waals surface area contributed by atoms with E-state index in [4.69, 9.17) is 4.74 Å². The van der Waals surface area contributed by atoms with Crippen molar-refractivity contribution in [3.05, 3.63) is 59.3 Å². The summed E-state index contributed by atoms with van der Waals surface area (Å²) in [5, 5.41) is 17.9. The first kappa shape index (κ1) is 22.9. The number of methoxy groups -OCH3 is 1. The van der Waals surface area contributed by atoms with Crippen LogP contribution >= 0.6 is 24.0 Å². The second kappa shape index (κ2) is 10.9. The molecule has 0 radical (unpaired) electrons. The zero-order valence-electron chi connectivity index (χ0n) is 17.1. The zero-order valence-corrected chi connectivity index (χ0v) is 19.4. The van der Waals surface area contributed by atoms with E-state index in [1.54, 1.807) is 12.1 Å². The van der Waals surface area contributed by atoms with E-state index >= 15 is 0 Å². The van der Waals surface area contributed by atoms with E-state index in [0.717, 1.165) is 31.0 Å². The van der Waals surface area contributed by atoms with Gasteiger partial charge in [0.2, 0.25) is 0 Å². The number of fused-ring (bicyclic) bond motifs is 1. The number of nitrogens with zero attached hydrogens (tertiary/aromatic N) is 1. The number of halogens is 1. The van der Waals surface area contributed by atoms with Crippen LogP contribution in [0.4, 0.5) is 0 Å². The molecule has 0 aliphatic rings. The first-order chi connectivity index (χ1) is 13.6. The van der Waals surface area contributed by atoms with Gasteiger partial charge in [0.1, 0.15) is 0 Å². The molecule has 0 unspecified atom stereocenters. The lowest BCUT2D eigenvalue weighted by atomic mass is 10.1. The minimum atomic E-state index is 0. The van der Waals surface area contributed by atoms with Gasteiger partial charge >= 0.3 is 0 Å². The van der Waals surface area contributed by atoms with Gasteiger partial charge in [-0.15, -0.1) is 24.0 Å². The van der Waals surface area contributed by atoms with E-state index in [1.807, 2.05) is 13.0 Å². The molecule has 0 amide bonds. The highest BCUT2D eigenvalue weighted by molar-refractivity contribution is 14.0. The minimum absolute atomic E-state index is 0. The number of phenolic OH excluding ortho intramolecular Hbond substituents is 1. The summed E-state index contributed by atoms with van der Waals surface area (Å²) in [6, 6.07) is 11.7. The SMILES string of the molecule is CCNC(=NCc1ccc(OC)c(O)c1)NCCc1c[nH]c2cccc(C)c12.I. The quantitative estimate of drug-likeness (QED) is 0.220. The summed E-state index contributed by atoms with van der Waals surface area (Å²) in [5.74, 6) is 1.35. The number of aryl methyl sites for hydroxylation is 1. The van der Waals surface area contributed by atoms with Crippen LogP contribution in [0.15, 0.2) is 47.6 Å². The van der Waals surface area contributed by atoms with Crippen molar-refractivity contribution in [2.45, 2.75) is 26.8 Å². The number of aliphatic imine (C=N–C) groups is 1. The molecule has 156 valence electrons. The van der Waals surface area contributed by atoms with Gasteiger partial charge in [-0.1, -0.05) is 18.2 Å². The van der Waals surface area contributed by atoms with Crippen LogP contribution < -0.4 is 15.4 Å². The molecule has 0 aliphatic carbocycles. The van der Waals surface area contributed by atoms with Crippen LogP contribution in [0.1, 0.15) is 23.6 Å². The largest absolute Gasteiger partial charge is 0.504 e. The predicted octanol–water partition coefficient (Wildman–Crippen LogP) is 4.11. The first-order valence-electron chi connectivity index (χ1n) is 9.56. The van der Waals surface area contributed by atoms with E-state index in [1.165, 1.54) is 29.1 Å². The first-order valence-corrected chi connectivity index (χ1v) is 9.56. The van der Waals surface area contributed by atoms with Crippen LogP contribution in [0.5, 0.6) is 11.5 Å². The van der Waals surface area contributed by atoms with Gasteiger partial charge in [-0.3, -0.25) is 0 Å². The third-order valence-corrected chi connectivity index (χ3v) is 4.69. The molecule has 1 aromatic heterocycles. The van der Waals surface area contributed by atoms with Crippen LogP contribution in [0.3, 0.4) is 0 Å². The monoisotopic (exact) mass is 508 g/mol. The van der Waals surface area contributed by atoms with E-state index < -0.39 is 0 Å². The number of hydrogen-bond acceptors (Lipinski definition) is 3. The molecule has 3 rings (SSSR count). The van der Waals surface area contributed by atoms with Crippen molar-refractivity contribution in [3.63, 3.8) is 0 Å². The highest BCUT2D eigenvalue weighted by atomic mass is 127. The van der Waals surface area contributed by atoms with Crippen LogP contribution in [0.2, 0.25) is 0 Å². The number of aromatic nitrogens is 1. The van der Waals surface area contributed by atoms with E-state index in [0.29, 0.717) is 12.3 Å². The maximum atomic E-state index is 9.91. The molecular formula is C22H29IN4O2. The molecule has 0 bridgehead atoms. The Morgan fingerprint density at radius 3 is 2.76 bits per heavy atom. The Bertz CT molecular complexity index is 969. The van der Waals surface area contributed by atoms with Crippen molar-refractivity contribution >= 4 is 40.8 Å². The number of phenols is 1. The fourth-order valence-corrected chi connectivity index (χ4v) is 3.31. The van der Waals surface area contributed by atoms with Gasteiger partial charge in [0.05, 0.1) is 13.7 Å². The van der Waals surface area contributed by atoms with E-state index in [9.17, 15) is 5.11 Å². The highest BCUT2D eigenvalue weighted by Crippen LogP contribution is 2.26. The maximum Gasteiger partial charge on any atom is 0.191 e. The third kappa shape index (κ3) is 5.79. The molecule has 6 nitrogen and oxygen atoms in total. The Kier molecular flexibility index (Phi) is 8.63. The lowest BCUT2D eigenvalue weighted by Gasteiger charge is -2.12. The average molecular weight is 508 g/mol. The maximum absolute atomic E-state index is 9.91. The summed E-state index contributed by atoms with van der Waals surface area (Å²) >= 11 is 0. The summed E-state index contributed by atoms with van der Waals surface area (Å²) in [7, 11) is 1.54. The molecular weight excluding hydrogens is 479 g/mol. The van der Waals surface area contributed by atoms with Gasteiger partial charge < -0.3 is 25.5 Å². The van der Waals surface area contributed by atoms with Gasteiger partial charge in [-0.05, 0) is 55.2 Å². The molecule has 0 saturated heterocycles. The van der Waals surface area contributed by atoms with Gasteiger partial charge in [-0.25, -0.2) is 4.99 Å². The molecule has 29 heavy (non-hydrogen) atoms. The van der Waals surface area contributed by atoms with Crippen molar-refractivity contribution in [1.29, 1.82) is 0 Å². The topological polar surface area (TPSA) is 81.7 Å². The standard InChI is InChI=1S/C22H28N4O2.HI/c1-4-23-22(26-13-16-8-9-20(28-3)19(27)12-16)24-11-10-17-14-25-18-7-5-6-15(2)21(17)18;/h5-9,12,14,25,27H,4,10-11,13H2,1-3H3,(H2,23,24,26);1H. The average Bonchev–Trinajstić information content (AvgIpc) is 3.11. The minimum Gasteiger partial charge on any atom is -0.504 e. The molecule has 0 aliphatic heterocycles. The summed E-state index contributed by atoms with van der Waals surface area (Å²) in [5.41, 5.74) is 4.68. The van der Waals surface area contributed by atoms with E-state index in [-0.39, 0.29) is 29.7 Å². The Morgan fingerprint density at radius 2 is 2.03 bits per heavy atom. The normalized spacial score (nSPS) is 11.2. The van der Waals surface area contributed by atoms with Crippen molar-refractivity contribution in [2.24, 2.45) is 4.99 Å². The molecule has 0 saturated carbocycles. The van der Waals surface area contributed by atoms with Crippen LogP contribution in [-0.2, 0) is 13.0 Å². The number of guanidine groups is 1. The van der Waals surface area contributed by atoms with Gasteiger partial charge in [0.25, 0.3) is 0 Å². The number of H-pyrrole nitrogens is 1. The number of hydrogen-bond donors (Lipinski definition) is 4. The van der Waals surface area contributed by atoms with Crippen molar-refractivity contribution in [1.82, 2.24) is 15.6 Å². The number of aromatic hydroxyl groups is 1. The Balaban J connectivity index is 0.00000300. The van der Waals surface area contributed by atoms with Gasteiger partial charge in [-0.2, -0.15) is 0 Å². The second-order valence-corrected chi connectivity index (χ2v) is 6.69. The number of nitrogens with one attached hydrogen (secondary N) is 3. The molecule has 4 N–H and O–H groups in total. The third-order valence-electron chi connectivity index (χ3n) is 4.69. The summed E-state index contributed by atoms with van der Waals surface area (Å²) in [6.07, 6.45) is 2.99. The lowest BCUT2D eigenvalue weighted by molar-refractivity contribution is 0.373. The predicted molar refractivity (Wildman–Crippen MR) is 130 cm³/mol.